The van der Waals surface area contributed by atoms with Crippen molar-refractivity contribution < 1.29 is 4.79 Å². The van der Waals surface area contributed by atoms with Crippen molar-refractivity contribution in [2.45, 2.75) is 19.8 Å². The van der Waals surface area contributed by atoms with Gasteiger partial charge in [0.1, 0.15) is 0 Å². The van der Waals surface area contributed by atoms with E-state index in [2.05, 4.69) is 13.8 Å². The molecule has 0 spiro atoms. The van der Waals surface area contributed by atoms with Crippen LogP contribution in [0.5, 0.6) is 0 Å². The molecule has 0 heterocycles. The number of carbonyl (C=O) groups is 1. The minimum absolute atomic E-state index is 0.135. The fourth-order valence-corrected chi connectivity index (χ4v) is 1.49. The van der Waals surface area contributed by atoms with E-state index in [-0.39, 0.29) is 5.12 Å². The van der Waals surface area contributed by atoms with Gasteiger partial charge in [-0.05, 0) is 17.7 Å². The molecule has 0 aliphatic rings. The molecule has 0 radical (unpaired) electrons. The molecule has 0 atom stereocenters. The monoisotopic (exact) mass is 194 g/mol. The summed E-state index contributed by atoms with van der Waals surface area (Å²) >= 11 is 1.25. The lowest BCUT2D eigenvalue weighted by Gasteiger charge is -2.05. The highest BCUT2D eigenvalue weighted by Gasteiger charge is 2.04. The van der Waals surface area contributed by atoms with E-state index in [1.165, 1.54) is 17.3 Å². The normalized spacial score (nSPS) is 10.5. The average molecular weight is 194 g/mol. The van der Waals surface area contributed by atoms with Gasteiger partial charge in [0.15, 0.2) is 0 Å². The third kappa shape index (κ3) is 2.59. The molecule has 2 heteroatoms. The summed E-state index contributed by atoms with van der Waals surface area (Å²) < 4.78 is 0. The molecule has 1 nitrogen and oxygen atoms in total. The molecule has 1 aromatic rings. The first-order valence-electron chi connectivity index (χ1n) is 4.33. The molecule has 0 saturated carbocycles. The number of rotatable bonds is 2. The quantitative estimate of drug-likeness (QED) is 0.718. The Morgan fingerprint density at radius 3 is 2.15 bits per heavy atom. The molecule has 0 aromatic heterocycles. The predicted octanol–water partition coefficient (Wildman–Crippen LogP) is 3.31. The van der Waals surface area contributed by atoms with Crippen LogP contribution in [0, 0.1) is 0 Å². The lowest BCUT2D eigenvalue weighted by Crippen LogP contribution is -1.93. The molecule has 0 bridgehead atoms. The Morgan fingerprint density at radius 1 is 1.23 bits per heavy atom. The molecule has 1 aromatic carbocycles. The van der Waals surface area contributed by atoms with E-state index in [0.29, 0.717) is 5.92 Å². The lowest BCUT2D eigenvalue weighted by molar-refractivity contribution is 0.108. The summed E-state index contributed by atoms with van der Waals surface area (Å²) in [5.41, 5.74) is 2.06. The van der Waals surface area contributed by atoms with E-state index in [9.17, 15) is 4.79 Å². The van der Waals surface area contributed by atoms with Gasteiger partial charge in [0.2, 0.25) is 5.12 Å². The Balaban J connectivity index is 2.87. The second-order valence-electron chi connectivity index (χ2n) is 3.27. The van der Waals surface area contributed by atoms with E-state index < -0.39 is 0 Å². The number of benzene rings is 1. The number of hydrogen-bond acceptors (Lipinski definition) is 2. The van der Waals surface area contributed by atoms with Crippen molar-refractivity contribution >= 4 is 16.9 Å². The average Bonchev–Trinajstić information content (AvgIpc) is 2.17. The van der Waals surface area contributed by atoms with E-state index >= 15 is 0 Å². The van der Waals surface area contributed by atoms with Crippen LogP contribution < -0.4 is 0 Å². The SMILES string of the molecule is CSC(=O)c1ccc(C(C)C)cc1. The van der Waals surface area contributed by atoms with Crippen molar-refractivity contribution in [1.29, 1.82) is 0 Å². The van der Waals surface area contributed by atoms with Crippen LogP contribution in [0.2, 0.25) is 0 Å². The summed E-state index contributed by atoms with van der Waals surface area (Å²) in [6, 6.07) is 7.84. The summed E-state index contributed by atoms with van der Waals surface area (Å²) in [6.45, 7) is 4.29. The van der Waals surface area contributed by atoms with Crippen LogP contribution in [0.4, 0.5) is 0 Å². The standard InChI is InChI=1S/C11H14OS/c1-8(2)9-4-6-10(7-5-9)11(12)13-3/h4-8H,1-3H3. The molecular formula is C11H14OS. The van der Waals surface area contributed by atoms with Gasteiger partial charge >= 0.3 is 0 Å². The fourth-order valence-electron chi connectivity index (χ4n) is 1.12. The number of carbonyl (C=O) groups excluding carboxylic acids is 1. The first kappa shape index (κ1) is 10.3. The molecule has 13 heavy (non-hydrogen) atoms. The van der Waals surface area contributed by atoms with Gasteiger partial charge in [0.05, 0.1) is 0 Å². The number of thioether (sulfide) groups is 1. The van der Waals surface area contributed by atoms with Crippen molar-refractivity contribution in [1.82, 2.24) is 0 Å². The molecule has 0 fully saturated rings. The second-order valence-corrected chi connectivity index (χ2v) is 4.05. The van der Waals surface area contributed by atoms with Crippen molar-refractivity contribution in [3.63, 3.8) is 0 Å². The van der Waals surface area contributed by atoms with E-state index in [1.54, 1.807) is 6.26 Å². The zero-order valence-electron chi connectivity index (χ0n) is 8.20. The third-order valence-electron chi connectivity index (χ3n) is 2.00. The van der Waals surface area contributed by atoms with Crippen LogP contribution in [0.3, 0.4) is 0 Å². The van der Waals surface area contributed by atoms with Gasteiger partial charge in [-0.15, -0.1) is 0 Å². The first-order chi connectivity index (χ1) is 6.15. The summed E-state index contributed by atoms with van der Waals surface area (Å²) in [6.07, 6.45) is 1.80. The molecule has 1 rings (SSSR count). The van der Waals surface area contributed by atoms with E-state index in [4.69, 9.17) is 0 Å². The topological polar surface area (TPSA) is 17.1 Å². The van der Waals surface area contributed by atoms with Gasteiger partial charge in [-0.2, -0.15) is 0 Å². The smallest absolute Gasteiger partial charge is 0.219 e. The highest BCUT2D eigenvalue weighted by Crippen LogP contribution is 2.16. The maximum absolute atomic E-state index is 11.3. The number of hydrogen-bond donors (Lipinski definition) is 0. The lowest BCUT2D eigenvalue weighted by atomic mass is 10.0. The first-order valence-corrected chi connectivity index (χ1v) is 5.56. The van der Waals surface area contributed by atoms with Gasteiger partial charge in [0, 0.05) is 5.56 Å². The van der Waals surface area contributed by atoms with Crippen LogP contribution >= 0.6 is 11.8 Å². The summed E-state index contributed by atoms with van der Waals surface area (Å²) in [5, 5.41) is 0.135. The second kappa shape index (κ2) is 4.47. The Bertz CT molecular complexity index is 287. The Labute approximate surface area is 83.5 Å². The minimum Gasteiger partial charge on any atom is -0.282 e. The Morgan fingerprint density at radius 2 is 1.77 bits per heavy atom. The molecule has 70 valence electrons. The van der Waals surface area contributed by atoms with Crippen LogP contribution in [-0.2, 0) is 0 Å². The molecule has 0 N–H and O–H groups in total. The van der Waals surface area contributed by atoms with Crippen molar-refractivity contribution in [2.24, 2.45) is 0 Å². The van der Waals surface area contributed by atoms with Crippen LogP contribution in [0.25, 0.3) is 0 Å². The predicted molar refractivity (Wildman–Crippen MR) is 58.4 cm³/mol. The largest absolute Gasteiger partial charge is 0.282 e. The Kier molecular flexibility index (Phi) is 3.55. The van der Waals surface area contributed by atoms with Gasteiger partial charge in [-0.25, -0.2) is 0 Å². The van der Waals surface area contributed by atoms with E-state index in [0.717, 1.165) is 5.56 Å². The van der Waals surface area contributed by atoms with Gasteiger partial charge in [0.25, 0.3) is 0 Å². The van der Waals surface area contributed by atoms with Gasteiger partial charge in [-0.1, -0.05) is 49.9 Å². The highest BCUT2D eigenvalue weighted by atomic mass is 32.2. The van der Waals surface area contributed by atoms with Crippen molar-refractivity contribution in [3.05, 3.63) is 35.4 Å². The third-order valence-corrected chi connectivity index (χ3v) is 2.60. The van der Waals surface area contributed by atoms with Crippen molar-refractivity contribution in [2.75, 3.05) is 6.26 Å². The Hall–Kier alpha value is -0.760. The van der Waals surface area contributed by atoms with Gasteiger partial charge in [-0.3, -0.25) is 4.79 Å². The minimum atomic E-state index is 0.135. The zero-order valence-corrected chi connectivity index (χ0v) is 9.02. The summed E-state index contributed by atoms with van der Waals surface area (Å²) in [5.74, 6) is 0.526. The molecule has 0 saturated heterocycles. The molecule has 0 amide bonds. The van der Waals surface area contributed by atoms with Crippen molar-refractivity contribution in [3.8, 4) is 0 Å². The molecule has 0 aliphatic heterocycles. The molecule has 0 unspecified atom stereocenters. The molecule has 0 aliphatic carbocycles. The maximum Gasteiger partial charge on any atom is 0.219 e. The molecular weight excluding hydrogens is 180 g/mol. The maximum atomic E-state index is 11.3. The van der Waals surface area contributed by atoms with Crippen LogP contribution in [-0.4, -0.2) is 11.4 Å². The van der Waals surface area contributed by atoms with Crippen LogP contribution in [0.1, 0.15) is 35.7 Å². The summed E-state index contributed by atoms with van der Waals surface area (Å²) in [7, 11) is 0. The van der Waals surface area contributed by atoms with Crippen LogP contribution in [0.15, 0.2) is 24.3 Å². The van der Waals surface area contributed by atoms with E-state index in [1.807, 2.05) is 24.3 Å². The van der Waals surface area contributed by atoms with Gasteiger partial charge < -0.3 is 0 Å². The zero-order chi connectivity index (χ0) is 9.84. The highest BCUT2D eigenvalue weighted by molar-refractivity contribution is 8.13. The summed E-state index contributed by atoms with van der Waals surface area (Å²) in [4.78, 5) is 11.3. The fraction of sp³-hybridized carbons (Fsp3) is 0.364.